The quantitative estimate of drug-likeness (QED) is 0.899. The molecular weight excluding hydrogens is 256 g/mol. The highest BCUT2D eigenvalue weighted by molar-refractivity contribution is 7.09. The Kier molecular flexibility index (Phi) is 5.37. The summed E-state index contributed by atoms with van der Waals surface area (Å²) >= 11 is 1.77. The van der Waals surface area contributed by atoms with Crippen molar-refractivity contribution in [1.29, 1.82) is 0 Å². The summed E-state index contributed by atoms with van der Waals surface area (Å²) in [4.78, 5) is 7.24. The first-order chi connectivity index (χ1) is 9.06. The van der Waals surface area contributed by atoms with Crippen molar-refractivity contribution in [2.24, 2.45) is 0 Å². The minimum absolute atomic E-state index is 0.202. The van der Waals surface area contributed by atoms with Gasteiger partial charge < -0.3 is 5.11 Å². The maximum Gasteiger partial charge on any atom is 0.0954 e. The number of hydrogen-bond acceptors (Lipinski definition) is 4. The van der Waals surface area contributed by atoms with Crippen molar-refractivity contribution in [3.8, 4) is 0 Å². The first-order valence-electron chi connectivity index (χ1n) is 7.42. The van der Waals surface area contributed by atoms with E-state index in [1.54, 1.807) is 11.3 Å². The van der Waals surface area contributed by atoms with Crippen LogP contribution in [0.25, 0.3) is 0 Å². The molecule has 0 saturated carbocycles. The van der Waals surface area contributed by atoms with Crippen LogP contribution in [0, 0.1) is 0 Å². The molecule has 1 aromatic heterocycles. The normalized spacial score (nSPS) is 22.9. The number of likely N-dealkylation sites (tertiary alicyclic amines) is 1. The van der Waals surface area contributed by atoms with E-state index >= 15 is 0 Å². The van der Waals surface area contributed by atoms with Crippen LogP contribution in [0.5, 0.6) is 0 Å². The zero-order valence-electron chi connectivity index (χ0n) is 12.3. The van der Waals surface area contributed by atoms with E-state index in [0.29, 0.717) is 12.0 Å². The zero-order valence-corrected chi connectivity index (χ0v) is 13.1. The Morgan fingerprint density at radius 2 is 2.21 bits per heavy atom. The molecule has 1 saturated heterocycles. The molecule has 0 bridgehead atoms. The van der Waals surface area contributed by atoms with Crippen LogP contribution in [0.15, 0.2) is 5.38 Å². The summed E-state index contributed by atoms with van der Waals surface area (Å²) in [6.07, 6.45) is 4.47. The minimum atomic E-state index is -0.202. The average Bonchev–Trinajstić information content (AvgIpc) is 2.80. The lowest BCUT2D eigenvalue weighted by atomic mass is 9.97. The lowest BCUT2D eigenvalue weighted by molar-refractivity contribution is 0.0810. The molecule has 2 unspecified atom stereocenters. The number of aliphatic hydroxyl groups excluding tert-OH is 1. The first kappa shape index (κ1) is 14.9. The van der Waals surface area contributed by atoms with Crippen LogP contribution in [-0.2, 0) is 6.54 Å². The third-order valence-electron chi connectivity index (χ3n) is 3.79. The van der Waals surface area contributed by atoms with E-state index in [2.05, 4.69) is 24.1 Å². The average molecular weight is 282 g/mol. The van der Waals surface area contributed by atoms with Crippen molar-refractivity contribution in [2.75, 3.05) is 6.54 Å². The second kappa shape index (κ2) is 6.82. The van der Waals surface area contributed by atoms with Crippen LogP contribution in [0.1, 0.15) is 63.1 Å². The summed E-state index contributed by atoms with van der Waals surface area (Å²) in [6.45, 7) is 8.37. The van der Waals surface area contributed by atoms with Crippen molar-refractivity contribution >= 4 is 11.3 Å². The van der Waals surface area contributed by atoms with Gasteiger partial charge in [0, 0.05) is 23.9 Å². The molecule has 0 spiro atoms. The molecule has 1 fully saturated rings. The Balaban J connectivity index is 1.98. The summed E-state index contributed by atoms with van der Waals surface area (Å²) in [7, 11) is 0. The first-order valence-corrected chi connectivity index (χ1v) is 8.30. The fourth-order valence-electron chi connectivity index (χ4n) is 2.80. The Bertz CT molecular complexity index is 389. The highest BCUT2D eigenvalue weighted by Crippen LogP contribution is 2.25. The summed E-state index contributed by atoms with van der Waals surface area (Å²) in [5, 5.41) is 13.1. The van der Waals surface area contributed by atoms with Crippen molar-refractivity contribution in [3.05, 3.63) is 16.1 Å². The van der Waals surface area contributed by atoms with Gasteiger partial charge in [0.1, 0.15) is 0 Å². The Labute approximate surface area is 120 Å². The molecule has 2 heterocycles. The highest BCUT2D eigenvalue weighted by atomic mass is 32.1. The number of nitrogens with zero attached hydrogens (tertiary/aromatic N) is 2. The molecule has 108 valence electrons. The van der Waals surface area contributed by atoms with Gasteiger partial charge in [-0.2, -0.15) is 0 Å². The van der Waals surface area contributed by atoms with Gasteiger partial charge in [0.2, 0.25) is 0 Å². The molecule has 0 aromatic carbocycles. The van der Waals surface area contributed by atoms with Crippen LogP contribution < -0.4 is 0 Å². The standard InChI is InChI=1S/C15H26N2OS/c1-11(2)15-16-13(10-19-15)9-17-7-5-4-6-14(17)8-12(3)18/h10-12,14,18H,4-9H2,1-3H3. The zero-order chi connectivity index (χ0) is 13.8. The summed E-state index contributed by atoms with van der Waals surface area (Å²) in [5.74, 6) is 0.522. The Morgan fingerprint density at radius 3 is 2.84 bits per heavy atom. The minimum Gasteiger partial charge on any atom is -0.393 e. The largest absolute Gasteiger partial charge is 0.393 e. The van der Waals surface area contributed by atoms with Crippen molar-refractivity contribution < 1.29 is 5.11 Å². The molecule has 1 aliphatic heterocycles. The van der Waals surface area contributed by atoms with Gasteiger partial charge in [-0.25, -0.2) is 4.98 Å². The topological polar surface area (TPSA) is 36.4 Å². The Hall–Kier alpha value is -0.450. The lowest BCUT2D eigenvalue weighted by Crippen LogP contribution is -2.40. The van der Waals surface area contributed by atoms with E-state index in [9.17, 15) is 5.11 Å². The van der Waals surface area contributed by atoms with Crippen molar-refractivity contribution in [1.82, 2.24) is 9.88 Å². The lowest BCUT2D eigenvalue weighted by Gasteiger charge is -2.36. The SMILES string of the molecule is CC(O)CC1CCCCN1Cc1csc(C(C)C)n1. The predicted octanol–water partition coefficient (Wildman–Crippen LogP) is 3.39. The van der Waals surface area contributed by atoms with Crippen LogP contribution in [-0.4, -0.2) is 33.7 Å². The van der Waals surface area contributed by atoms with Crippen molar-refractivity contribution in [3.63, 3.8) is 0 Å². The van der Waals surface area contributed by atoms with E-state index in [-0.39, 0.29) is 6.10 Å². The van der Waals surface area contributed by atoms with Gasteiger partial charge in [-0.15, -0.1) is 11.3 Å². The third-order valence-corrected chi connectivity index (χ3v) is 4.98. The number of aliphatic hydroxyl groups is 1. The number of thiazole rings is 1. The number of rotatable bonds is 5. The molecule has 0 aliphatic carbocycles. The Morgan fingerprint density at radius 1 is 1.42 bits per heavy atom. The number of aromatic nitrogens is 1. The van der Waals surface area contributed by atoms with Gasteiger partial charge >= 0.3 is 0 Å². The fraction of sp³-hybridized carbons (Fsp3) is 0.800. The molecule has 2 atom stereocenters. The molecule has 1 N–H and O–H groups in total. The number of piperidine rings is 1. The molecule has 4 heteroatoms. The molecule has 1 aromatic rings. The monoisotopic (exact) mass is 282 g/mol. The molecule has 3 nitrogen and oxygen atoms in total. The maximum absolute atomic E-state index is 9.63. The van der Waals surface area contributed by atoms with Gasteiger partial charge in [0.05, 0.1) is 16.8 Å². The van der Waals surface area contributed by atoms with Gasteiger partial charge in [-0.1, -0.05) is 20.3 Å². The van der Waals surface area contributed by atoms with Crippen LogP contribution in [0.2, 0.25) is 0 Å². The van der Waals surface area contributed by atoms with E-state index in [1.165, 1.54) is 30.0 Å². The molecule has 0 amide bonds. The fourth-order valence-corrected chi connectivity index (χ4v) is 3.62. The summed E-state index contributed by atoms with van der Waals surface area (Å²) < 4.78 is 0. The van der Waals surface area contributed by atoms with Gasteiger partial charge in [0.25, 0.3) is 0 Å². The smallest absolute Gasteiger partial charge is 0.0954 e. The summed E-state index contributed by atoms with van der Waals surface area (Å²) in [5.41, 5.74) is 1.20. The second-order valence-electron chi connectivity index (χ2n) is 6.04. The van der Waals surface area contributed by atoms with E-state index in [4.69, 9.17) is 4.98 Å². The molecular formula is C15H26N2OS. The third kappa shape index (κ3) is 4.26. The van der Waals surface area contributed by atoms with Gasteiger partial charge in [-0.05, 0) is 32.7 Å². The van der Waals surface area contributed by atoms with Crippen LogP contribution in [0.3, 0.4) is 0 Å². The van der Waals surface area contributed by atoms with E-state index in [1.807, 2.05) is 6.92 Å². The van der Waals surface area contributed by atoms with Gasteiger partial charge in [0.15, 0.2) is 0 Å². The summed E-state index contributed by atoms with van der Waals surface area (Å²) in [6, 6.07) is 0.526. The van der Waals surface area contributed by atoms with Crippen molar-refractivity contribution in [2.45, 2.75) is 71.1 Å². The number of hydrogen-bond donors (Lipinski definition) is 1. The molecule has 2 rings (SSSR count). The molecule has 19 heavy (non-hydrogen) atoms. The van der Waals surface area contributed by atoms with Gasteiger partial charge in [-0.3, -0.25) is 4.90 Å². The highest BCUT2D eigenvalue weighted by Gasteiger charge is 2.24. The van der Waals surface area contributed by atoms with E-state index in [0.717, 1.165) is 19.5 Å². The second-order valence-corrected chi connectivity index (χ2v) is 6.93. The maximum atomic E-state index is 9.63. The van der Waals surface area contributed by atoms with E-state index < -0.39 is 0 Å². The van der Waals surface area contributed by atoms with Crippen LogP contribution in [0.4, 0.5) is 0 Å². The molecule has 1 aliphatic rings. The van der Waals surface area contributed by atoms with Crippen LogP contribution >= 0.6 is 11.3 Å². The predicted molar refractivity (Wildman–Crippen MR) is 80.5 cm³/mol. The molecule has 0 radical (unpaired) electrons.